The van der Waals surface area contributed by atoms with Crippen molar-refractivity contribution in [2.75, 3.05) is 0 Å². The van der Waals surface area contributed by atoms with Gasteiger partial charge in [0.15, 0.2) is 5.69 Å². The first-order valence-corrected chi connectivity index (χ1v) is 3.18. The van der Waals surface area contributed by atoms with Gasteiger partial charge in [-0.2, -0.15) is 0 Å². The third-order valence-corrected chi connectivity index (χ3v) is 1.36. The summed E-state index contributed by atoms with van der Waals surface area (Å²) in [5.41, 5.74) is -3.09. The number of aromatic amines is 1. The monoisotopic (exact) mass is 190 g/mol. The van der Waals surface area contributed by atoms with Crippen LogP contribution >= 0.6 is 0 Å². The lowest BCUT2D eigenvalue weighted by Gasteiger charge is -1.98. The topological polar surface area (TPSA) is 76.0 Å². The van der Waals surface area contributed by atoms with Crippen LogP contribution in [-0.2, 0) is 0 Å². The smallest absolute Gasteiger partial charge is 0.341 e. The van der Waals surface area contributed by atoms with Crippen molar-refractivity contribution in [3.63, 3.8) is 0 Å². The van der Waals surface area contributed by atoms with Crippen LogP contribution in [0.15, 0.2) is 17.1 Å². The number of nitrogens with one attached hydrogen (secondary N) is 1. The lowest BCUT2D eigenvalue weighted by molar-refractivity contribution is -0.387. The summed E-state index contributed by atoms with van der Waals surface area (Å²) in [6.45, 7) is 0. The molecule has 0 aliphatic carbocycles. The molecule has 0 atom stereocenters. The molecule has 0 aliphatic rings. The minimum absolute atomic E-state index is 0.823. The lowest BCUT2D eigenvalue weighted by Crippen LogP contribution is -2.11. The molecule has 0 radical (unpaired) electrons. The molecule has 0 saturated heterocycles. The van der Waals surface area contributed by atoms with Crippen LogP contribution in [0.25, 0.3) is 0 Å². The summed E-state index contributed by atoms with van der Waals surface area (Å²) in [7, 11) is 0. The van der Waals surface area contributed by atoms with Crippen molar-refractivity contribution in [2.24, 2.45) is 0 Å². The summed E-state index contributed by atoms with van der Waals surface area (Å²) in [4.78, 5) is 21.8. The van der Waals surface area contributed by atoms with E-state index in [1.165, 1.54) is 0 Å². The molecule has 70 valence electrons. The van der Waals surface area contributed by atoms with Gasteiger partial charge in [-0.1, -0.05) is 0 Å². The Morgan fingerprint density at radius 3 is 2.54 bits per heavy atom. The number of aromatic nitrogens is 1. The number of H-pyrrole nitrogens is 1. The van der Waals surface area contributed by atoms with Crippen LogP contribution < -0.4 is 5.43 Å². The Balaban J connectivity index is 3.43. The lowest BCUT2D eigenvalue weighted by atomic mass is 10.3. The Hall–Kier alpha value is -1.79. The Morgan fingerprint density at radius 2 is 2.15 bits per heavy atom. The van der Waals surface area contributed by atoms with Gasteiger partial charge in [0.1, 0.15) is 0 Å². The number of pyridine rings is 1. The zero-order valence-corrected chi connectivity index (χ0v) is 6.16. The summed E-state index contributed by atoms with van der Waals surface area (Å²) in [5, 5.41) is 10.2. The maximum absolute atomic E-state index is 12.1. The molecule has 0 spiro atoms. The normalized spacial score (nSPS) is 10.4. The van der Waals surface area contributed by atoms with E-state index in [1.807, 2.05) is 4.98 Å². The molecule has 0 fully saturated rings. The molecule has 0 amide bonds. The molecule has 1 rings (SSSR count). The first-order chi connectivity index (χ1) is 6.04. The summed E-state index contributed by atoms with van der Waals surface area (Å²) in [6.07, 6.45) is -2.12. The van der Waals surface area contributed by atoms with E-state index in [-0.39, 0.29) is 0 Å². The molecule has 1 aromatic rings. The predicted molar refractivity (Wildman–Crippen MR) is 38.7 cm³/mol. The highest BCUT2D eigenvalue weighted by Crippen LogP contribution is 2.22. The molecule has 1 N–H and O–H groups in total. The number of rotatable bonds is 2. The van der Waals surface area contributed by atoms with Gasteiger partial charge in [0.25, 0.3) is 11.9 Å². The largest absolute Gasteiger partial charge is 0.354 e. The van der Waals surface area contributed by atoms with Crippen molar-refractivity contribution in [1.29, 1.82) is 0 Å². The van der Waals surface area contributed by atoms with Crippen LogP contribution in [0.3, 0.4) is 0 Å². The van der Waals surface area contributed by atoms with Gasteiger partial charge in [-0.25, -0.2) is 8.78 Å². The van der Waals surface area contributed by atoms with Crippen LogP contribution in [0.4, 0.5) is 14.5 Å². The van der Waals surface area contributed by atoms with Crippen LogP contribution in [0.2, 0.25) is 0 Å². The van der Waals surface area contributed by atoms with Crippen LogP contribution in [0.1, 0.15) is 12.1 Å². The van der Waals surface area contributed by atoms with Crippen molar-refractivity contribution in [2.45, 2.75) is 6.43 Å². The van der Waals surface area contributed by atoms with Crippen molar-refractivity contribution >= 4 is 5.69 Å². The average molecular weight is 190 g/mol. The Kier molecular flexibility index (Phi) is 2.36. The quantitative estimate of drug-likeness (QED) is 0.562. The van der Waals surface area contributed by atoms with Gasteiger partial charge in [-0.3, -0.25) is 14.9 Å². The Labute approximate surface area is 70.2 Å². The summed E-state index contributed by atoms with van der Waals surface area (Å²) in [6, 6.07) is 0.823. The molecule has 5 nitrogen and oxygen atoms in total. The average Bonchev–Trinajstić information content (AvgIpc) is 2.02. The number of alkyl halides is 2. The fourth-order valence-electron chi connectivity index (χ4n) is 0.842. The fraction of sp³-hybridized carbons (Fsp3) is 0.167. The highest BCUT2D eigenvalue weighted by Gasteiger charge is 2.24. The van der Waals surface area contributed by atoms with Crippen LogP contribution in [0.5, 0.6) is 0 Å². The highest BCUT2D eigenvalue weighted by atomic mass is 19.3. The summed E-state index contributed by atoms with van der Waals surface area (Å²) >= 11 is 0. The number of halogens is 2. The SMILES string of the molecule is O=c1cc[nH]c(C(F)F)c1[N+](=O)[O-]. The fourth-order valence-corrected chi connectivity index (χ4v) is 0.842. The van der Waals surface area contributed by atoms with Crippen molar-refractivity contribution in [3.8, 4) is 0 Å². The van der Waals surface area contributed by atoms with E-state index < -0.39 is 28.2 Å². The molecular formula is C6H4F2N2O3. The molecule has 0 saturated carbocycles. The molecule has 0 unspecified atom stereocenters. The van der Waals surface area contributed by atoms with E-state index >= 15 is 0 Å². The molecule has 1 aromatic heterocycles. The van der Waals surface area contributed by atoms with Gasteiger partial charge in [0.2, 0.25) is 0 Å². The molecule has 7 heteroatoms. The van der Waals surface area contributed by atoms with E-state index in [4.69, 9.17) is 0 Å². The number of nitro groups is 1. The van der Waals surface area contributed by atoms with E-state index in [2.05, 4.69) is 0 Å². The van der Waals surface area contributed by atoms with Crippen molar-refractivity contribution in [3.05, 3.63) is 38.3 Å². The van der Waals surface area contributed by atoms with Crippen molar-refractivity contribution in [1.82, 2.24) is 4.98 Å². The zero-order valence-electron chi connectivity index (χ0n) is 6.16. The molecule has 0 bridgehead atoms. The molecular weight excluding hydrogens is 186 g/mol. The van der Waals surface area contributed by atoms with E-state index in [0.29, 0.717) is 0 Å². The minimum atomic E-state index is -3.06. The number of hydrogen-bond acceptors (Lipinski definition) is 3. The van der Waals surface area contributed by atoms with Gasteiger partial charge in [-0.05, 0) is 0 Å². The van der Waals surface area contributed by atoms with Crippen LogP contribution in [0, 0.1) is 10.1 Å². The first-order valence-electron chi connectivity index (χ1n) is 3.18. The van der Waals surface area contributed by atoms with Gasteiger partial charge >= 0.3 is 5.69 Å². The van der Waals surface area contributed by atoms with Crippen LogP contribution in [-0.4, -0.2) is 9.91 Å². The molecule has 1 heterocycles. The van der Waals surface area contributed by atoms with Gasteiger partial charge < -0.3 is 4.98 Å². The third kappa shape index (κ3) is 1.68. The zero-order chi connectivity index (χ0) is 10.0. The van der Waals surface area contributed by atoms with Crippen molar-refractivity contribution < 1.29 is 13.7 Å². The maximum Gasteiger partial charge on any atom is 0.341 e. The molecule has 0 aliphatic heterocycles. The van der Waals surface area contributed by atoms with Gasteiger partial charge in [0.05, 0.1) is 4.92 Å². The summed E-state index contributed by atoms with van der Waals surface area (Å²) < 4.78 is 24.2. The second-order valence-corrected chi connectivity index (χ2v) is 2.16. The predicted octanol–water partition coefficient (Wildman–Crippen LogP) is 1.22. The second kappa shape index (κ2) is 3.30. The molecule has 13 heavy (non-hydrogen) atoms. The first kappa shape index (κ1) is 9.30. The Morgan fingerprint density at radius 1 is 1.54 bits per heavy atom. The second-order valence-electron chi connectivity index (χ2n) is 2.16. The molecule has 0 aromatic carbocycles. The number of hydrogen-bond donors (Lipinski definition) is 1. The number of nitrogens with zero attached hydrogens (tertiary/aromatic N) is 1. The third-order valence-electron chi connectivity index (χ3n) is 1.36. The van der Waals surface area contributed by atoms with E-state index in [0.717, 1.165) is 12.3 Å². The summed E-state index contributed by atoms with van der Waals surface area (Å²) in [5.74, 6) is 0. The standard InChI is InChI=1S/C6H4F2N2O3/c7-6(8)4-5(10(12)13)3(11)1-2-9-4/h1-2,6H,(H,9,11). The minimum Gasteiger partial charge on any atom is -0.354 e. The highest BCUT2D eigenvalue weighted by molar-refractivity contribution is 5.35. The van der Waals surface area contributed by atoms with E-state index in [1.54, 1.807) is 0 Å². The Bertz CT molecular complexity index is 388. The van der Waals surface area contributed by atoms with Gasteiger partial charge in [-0.15, -0.1) is 0 Å². The van der Waals surface area contributed by atoms with E-state index in [9.17, 15) is 23.7 Å². The van der Waals surface area contributed by atoms with Gasteiger partial charge in [0, 0.05) is 12.3 Å². The maximum atomic E-state index is 12.1.